The molecule has 1 saturated heterocycles. The van der Waals surface area contributed by atoms with Gasteiger partial charge in [-0.25, -0.2) is 9.97 Å². The number of nitrogens with zero attached hydrogens (tertiary/aromatic N) is 4. The van der Waals surface area contributed by atoms with Crippen molar-refractivity contribution >= 4 is 5.82 Å². The molecule has 0 spiro atoms. The Morgan fingerprint density at radius 2 is 1.95 bits per heavy atom. The van der Waals surface area contributed by atoms with Crippen LogP contribution in [0.4, 0.5) is 5.82 Å². The Bertz CT molecular complexity index is 388. The number of nitrogens with two attached hydrogens (primary N) is 1. The molecule has 0 amide bonds. The van der Waals surface area contributed by atoms with Gasteiger partial charge in [-0.3, -0.25) is 4.90 Å². The zero-order valence-corrected chi connectivity index (χ0v) is 12.6. The fourth-order valence-corrected chi connectivity index (χ4v) is 2.63. The van der Waals surface area contributed by atoms with Crippen molar-refractivity contribution in [3.05, 3.63) is 18.1 Å². The van der Waals surface area contributed by atoms with E-state index in [9.17, 15) is 0 Å². The van der Waals surface area contributed by atoms with Gasteiger partial charge in [0.2, 0.25) is 0 Å². The first-order valence-corrected chi connectivity index (χ1v) is 7.81. The average molecular weight is 277 g/mol. The summed E-state index contributed by atoms with van der Waals surface area (Å²) < 4.78 is 0. The fraction of sp³-hybridized carbons (Fsp3) is 0.733. The number of piperazine rings is 1. The molecule has 1 aromatic rings. The van der Waals surface area contributed by atoms with Crippen LogP contribution >= 0.6 is 0 Å². The number of anilines is 1. The summed E-state index contributed by atoms with van der Waals surface area (Å²) in [7, 11) is 0. The van der Waals surface area contributed by atoms with E-state index in [2.05, 4.69) is 32.8 Å². The van der Waals surface area contributed by atoms with Gasteiger partial charge in [-0.1, -0.05) is 13.3 Å². The maximum absolute atomic E-state index is 5.54. The number of rotatable bonds is 7. The molecule has 112 valence electrons. The minimum absolute atomic E-state index is 0.807. The average Bonchev–Trinajstić information content (AvgIpc) is 2.49. The minimum Gasteiger partial charge on any atom is -0.354 e. The highest BCUT2D eigenvalue weighted by Crippen LogP contribution is 2.14. The van der Waals surface area contributed by atoms with Gasteiger partial charge in [0.15, 0.2) is 0 Å². The molecule has 0 atom stereocenters. The summed E-state index contributed by atoms with van der Waals surface area (Å²) in [6.07, 6.45) is 6.21. The van der Waals surface area contributed by atoms with Crippen LogP contribution in [0.25, 0.3) is 0 Å². The zero-order chi connectivity index (χ0) is 14.2. The third-order valence-electron chi connectivity index (χ3n) is 3.84. The summed E-state index contributed by atoms with van der Waals surface area (Å²) >= 11 is 0. The molecule has 2 N–H and O–H groups in total. The lowest BCUT2D eigenvalue weighted by molar-refractivity contribution is 0.253. The number of aryl methyl sites for hydroxylation is 1. The highest BCUT2D eigenvalue weighted by atomic mass is 15.3. The summed E-state index contributed by atoms with van der Waals surface area (Å²) in [6.45, 7) is 8.53. The molecule has 2 heterocycles. The normalized spacial score (nSPS) is 16.6. The maximum atomic E-state index is 5.54. The van der Waals surface area contributed by atoms with Crippen molar-refractivity contribution in [2.75, 3.05) is 44.2 Å². The Balaban J connectivity index is 1.82. The molecule has 1 fully saturated rings. The van der Waals surface area contributed by atoms with Crippen LogP contribution in [0.2, 0.25) is 0 Å². The van der Waals surface area contributed by atoms with Crippen molar-refractivity contribution in [1.82, 2.24) is 14.9 Å². The van der Waals surface area contributed by atoms with Crippen LogP contribution in [-0.4, -0.2) is 54.1 Å². The summed E-state index contributed by atoms with van der Waals surface area (Å²) in [5, 5.41) is 0. The van der Waals surface area contributed by atoms with Gasteiger partial charge in [-0.2, -0.15) is 0 Å². The third-order valence-corrected chi connectivity index (χ3v) is 3.84. The van der Waals surface area contributed by atoms with Gasteiger partial charge in [-0.15, -0.1) is 0 Å². The highest BCUT2D eigenvalue weighted by Gasteiger charge is 2.17. The fourth-order valence-electron chi connectivity index (χ4n) is 2.63. The molecule has 1 aromatic heterocycles. The van der Waals surface area contributed by atoms with Gasteiger partial charge in [-0.05, 0) is 32.4 Å². The van der Waals surface area contributed by atoms with Gasteiger partial charge in [0.1, 0.15) is 12.1 Å². The number of unbranched alkanes of at least 4 members (excludes halogenated alkanes) is 1. The van der Waals surface area contributed by atoms with Gasteiger partial charge in [0, 0.05) is 37.9 Å². The predicted octanol–water partition coefficient (Wildman–Crippen LogP) is 1.29. The first-order chi connectivity index (χ1) is 9.83. The maximum Gasteiger partial charge on any atom is 0.132 e. The van der Waals surface area contributed by atoms with Gasteiger partial charge in [0.05, 0.1) is 0 Å². The van der Waals surface area contributed by atoms with Crippen LogP contribution in [0.5, 0.6) is 0 Å². The van der Waals surface area contributed by atoms with Crippen LogP contribution in [0, 0.1) is 0 Å². The second kappa shape index (κ2) is 8.17. The minimum atomic E-state index is 0.807. The van der Waals surface area contributed by atoms with E-state index < -0.39 is 0 Å². The quantitative estimate of drug-likeness (QED) is 0.761. The number of hydrogen-bond donors (Lipinski definition) is 1. The van der Waals surface area contributed by atoms with Crippen LogP contribution in [0.15, 0.2) is 12.4 Å². The SMILES string of the molecule is CCCc1cc(N2CCN(CCCCN)CC2)ncn1. The van der Waals surface area contributed by atoms with Crippen LogP contribution in [-0.2, 0) is 6.42 Å². The highest BCUT2D eigenvalue weighted by molar-refractivity contribution is 5.39. The Hall–Kier alpha value is -1.20. The molecule has 5 heteroatoms. The predicted molar refractivity (Wildman–Crippen MR) is 83.0 cm³/mol. The first-order valence-electron chi connectivity index (χ1n) is 7.81. The zero-order valence-electron chi connectivity index (χ0n) is 12.6. The Morgan fingerprint density at radius 3 is 2.65 bits per heavy atom. The molecule has 0 radical (unpaired) electrons. The van der Waals surface area contributed by atoms with Crippen molar-refractivity contribution in [2.24, 2.45) is 5.73 Å². The molecule has 1 aliphatic rings. The molecule has 2 rings (SSSR count). The summed E-state index contributed by atoms with van der Waals surface area (Å²) in [5.41, 5.74) is 6.70. The van der Waals surface area contributed by atoms with Crippen molar-refractivity contribution in [2.45, 2.75) is 32.6 Å². The molecule has 5 nitrogen and oxygen atoms in total. The summed E-state index contributed by atoms with van der Waals surface area (Å²) in [4.78, 5) is 13.7. The van der Waals surface area contributed by atoms with Crippen LogP contribution in [0.1, 0.15) is 31.9 Å². The third kappa shape index (κ3) is 4.42. The number of aromatic nitrogens is 2. The van der Waals surface area contributed by atoms with E-state index >= 15 is 0 Å². The Labute approximate surface area is 122 Å². The lowest BCUT2D eigenvalue weighted by Gasteiger charge is -2.35. The van der Waals surface area contributed by atoms with E-state index in [1.807, 2.05) is 0 Å². The van der Waals surface area contributed by atoms with Crippen molar-refractivity contribution in [3.8, 4) is 0 Å². The molecular formula is C15H27N5. The van der Waals surface area contributed by atoms with E-state index in [0.717, 1.165) is 63.5 Å². The van der Waals surface area contributed by atoms with Crippen molar-refractivity contribution in [1.29, 1.82) is 0 Å². The van der Waals surface area contributed by atoms with E-state index in [1.54, 1.807) is 6.33 Å². The lowest BCUT2D eigenvalue weighted by atomic mass is 10.2. The molecule has 0 unspecified atom stereocenters. The van der Waals surface area contributed by atoms with Gasteiger partial charge < -0.3 is 10.6 Å². The number of hydrogen-bond acceptors (Lipinski definition) is 5. The Kier molecular flexibility index (Phi) is 6.21. The smallest absolute Gasteiger partial charge is 0.132 e. The van der Waals surface area contributed by atoms with Gasteiger partial charge >= 0.3 is 0 Å². The molecule has 20 heavy (non-hydrogen) atoms. The molecule has 0 aliphatic carbocycles. The van der Waals surface area contributed by atoms with Crippen LogP contribution in [0.3, 0.4) is 0 Å². The Morgan fingerprint density at radius 1 is 1.15 bits per heavy atom. The lowest BCUT2D eigenvalue weighted by Crippen LogP contribution is -2.47. The molecule has 0 saturated carbocycles. The van der Waals surface area contributed by atoms with E-state index in [0.29, 0.717) is 0 Å². The first kappa shape index (κ1) is 15.2. The summed E-state index contributed by atoms with van der Waals surface area (Å²) in [5.74, 6) is 1.09. The standard InChI is InChI=1S/C15H27N5/c1-2-5-14-12-15(18-13-17-14)20-10-8-19(9-11-20)7-4-3-6-16/h12-13H,2-11,16H2,1H3. The molecule has 1 aliphatic heterocycles. The molecule has 0 aromatic carbocycles. The largest absolute Gasteiger partial charge is 0.354 e. The molecular weight excluding hydrogens is 250 g/mol. The van der Waals surface area contributed by atoms with Crippen LogP contribution < -0.4 is 10.6 Å². The second-order valence-electron chi connectivity index (χ2n) is 5.44. The topological polar surface area (TPSA) is 58.3 Å². The second-order valence-corrected chi connectivity index (χ2v) is 5.44. The van der Waals surface area contributed by atoms with Gasteiger partial charge in [0.25, 0.3) is 0 Å². The van der Waals surface area contributed by atoms with E-state index in [-0.39, 0.29) is 0 Å². The summed E-state index contributed by atoms with van der Waals surface area (Å²) in [6, 6.07) is 2.15. The van der Waals surface area contributed by atoms with Crippen molar-refractivity contribution < 1.29 is 0 Å². The van der Waals surface area contributed by atoms with E-state index in [4.69, 9.17) is 5.73 Å². The monoisotopic (exact) mass is 277 g/mol. The van der Waals surface area contributed by atoms with E-state index in [1.165, 1.54) is 13.0 Å². The molecule has 0 bridgehead atoms. The van der Waals surface area contributed by atoms with Crippen molar-refractivity contribution in [3.63, 3.8) is 0 Å².